The molecule has 1 fully saturated rings. The van der Waals surface area contributed by atoms with Gasteiger partial charge in [0.1, 0.15) is 0 Å². The lowest BCUT2D eigenvalue weighted by Gasteiger charge is -2.28. The maximum atomic E-state index is 5.53. The first-order valence-corrected chi connectivity index (χ1v) is 6.79. The topological polar surface area (TPSA) is 73.1 Å². The smallest absolute Gasteiger partial charge is 0.233 e. The van der Waals surface area contributed by atoms with E-state index in [4.69, 9.17) is 9.26 Å². The van der Waals surface area contributed by atoms with Crippen LogP contribution in [0, 0.1) is 6.92 Å². The number of hydrogen-bond acceptors (Lipinski definition) is 6. The van der Waals surface area contributed by atoms with Crippen molar-refractivity contribution in [3.63, 3.8) is 0 Å². The van der Waals surface area contributed by atoms with E-state index in [1.807, 2.05) is 20.0 Å². The molecule has 2 aromatic heterocycles. The molecule has 1 N–H and O–H groups in total. The highest BCUT2D eigenvalue weighted by Crippen LogP contribution is 2.27. The van der Waals surface area contributed by atoms with Crippen molar-refractivity contribution in [2.45, 2.75) is 25.3 Å². The second kappa shape index (κ2) is 5.68. The molecule has 6 heteroatoms. The molecule has 0 bridgehead atoms. The highest BCUT2D eigenvalue weighted by molar-refractivity contribution is 5.57. The predicted molar refractivity (Wildman–Crippen MR) is 73.3 cm³/mol. The highest BCUT2D eigenvalue weighted by atomic mass is 16.5. The third-order valence-corrected chi connectivity index (χ3v) is 3.77. The Labute approximate surface area is 117 Å². The summed E-state index contributed by atoms with van der Waals surface area (Å²) in [5.74, 6) is 1.32. The first-order chi connectivity index (χ1) is 9.79. The Hall–Kier alpha value is -1.79. The molecule has 3 rings (SSSR count). The summed E-state index contributed by atoms with van der Waals surface area (Å²) >= 11 is 0. The summed E-state index contributed by atoms with van der Waals surface area (Å²) in [5.41, 5.74) is 1.98. The third kappa shape index (κ3) is 2.44. The number of aromatic nitrogens is 3. The van der Waals surface area contributed by atoms with Gasteiger partial charge in [0, 0.05) is 30.6 Å². The van der Waals surface area contributed by atoms with Gasteiger partial charge in [0.2, 0.25) is 11.7 Å². The second-order valence-corrected chi connectivity index (χ2v) is 5.01. The lowest BCUT2D eigenvalue weighted by Crippen LogP contribution is -2.39. The van der Waals surface area contributed by atoms with E-state index in [9.17, 15) is 0 Å². The molecule has 0 aromatic carbocycles. The molecule has 0 aliphatic carbocycles. The van der Waals surface area contributed by atoms with Crippen LogP contribution in [0.1, 0.15) is 23.8 Å². The number of ether oxygens (including phenoxy) is 1. The van der Waals surface area contributed by atoms with Crippen molar-refractivity contribution in [3.05, 3.63) is 29.9 Å². The molecule has 6 nitrogen and oxygen atoms in total. The zero-order valence-corrected chi connectivity index (χ0v) is 11.7. The molecule has 1 aliphatic rings. The van der Waals surface area contributed by atoms with Gasteiger partial charge in [-0.15, -0.1) is 0 Å². The van der Waals surface area contributed by atoms with Crippen LogP contribution in [0.4, 0.5) is 0 Å². The van der Waals surface area contributed by atoms with Crippen LogP contribution in [0.5, 0.6) is 0 Å². The molecule has 0 amide bonds. The molecule has 2 unspecified atom stereocenters. The maximum Gasteiger partial charge on any atom is 0.233 e. The molecule has 0 radical (unpaired) electrons. The molecule has 106 valence electrons. The van der Waals surface area contributed by atoms with Gasteiger partial charge in [0.05, 0.1) is 12.5 Å². The highest BCUT2D eigenvalue weighted by Gasteiger charge is 2.30. The van der Waals surface area contributed by atoms with Crippen molar-refractivity contribution in [3.8, 4) is 11.4 Å². The number of nitrogens with zero attached hydrogens (tertiary/aromatic N) is 3. The molecule has 2 atom stereocenters. The van der Waals surface area contributed by atoms with Crippen molar-refractivity contribution in [2.24, 2.45) is 0 Å². The summed E-state index contributed by atoms with van der Waals surface area (Å²) in [6.07, 6.45) is 4.47. The van der Waals surface area contributed by atoms with Gasteiger partial charge in [-0.25, -0.2) is 0 Å². The van der Waals surface area contributed by atoms with Crippen molar-refractivity contribution in [1.29, 1.82) is 0 Å². The fourth-order valence-corrected chi connectivity index (χ4v) is 2.52. The molecular formula is C14H18N4O2. The van der Waals surface area contributed by atoms with E-state index in [1.54, 1.807) is 12.4 Å². The Kier molecular flexibility index (Phi) is 3.75. The van der Waals surface area contributed by atoms with Gasteiger partial charge in [-0.3, -0.25) is 4.98 Å². The SMILES string of the molecule is CNC1CCOCC1c1nc(-c2cnccc2C)no1. The molecule has 0 saturated carbocycles. The lowest BCUT2D eigenvalue weighted by atomic mass is 9.96. The summed E-state index contributed by atoms with van der Waals surface area (Å²) < 4.78 is 11.0. The van der Waals surface area contributed by atoms with Crippen LogP contribution in [0.3, 0.4) is 0 Å². The molecule has 0 spiro atoms. The standard InChI is InChI=1S/C14H18N4O2/c1-9-3-5-16-7-10(9)13-17-14(20-18-13)11-8-19-6-4-12(11)15-2/h3,5,7,11-12,15H,4,6,8H2,1-2H3. The quantitative estimate of drug-likeness (QED) is 0.915. The van der Waals surface area contributed by atoms with E-state index in [0.29, 0.717) is 24.4 Å². The van der Waals surface area contributed by atoms with Crippen molar-refractivity contribution in [2.75, 3.05) is 20.3 Å². The number of pyridine rings is 1. The number of rotatable bonds is 3. The predicted octanol–water partition coefficient (Wildman–Crippen LogP) is 1.53. The molecule has 1 saturated heterocycles. The van der Waals surface area contributed by atoms with Gasteiger partial charge >= 0.3 is 0 Å². The van der Waals surface area contributed by atoms with Crippen LogP contribution in [0.2, 0.25) is 0 Å². The van der Waals surface area contributed by atoms with Crippen LogP contribution in [0.15, 0.2) is 23.0 Å². The maximum absolute atomic E-state index is 5.53. The van der Waals surface area contributed by atoms with Crippen molar-refractivity contribution >= 4 is 0 Å². The number of nitrogens with one attached hydrogen (secondary N) is 1. The third-order valence-electron chi connectivity index (χ3n) is 3.77. The molecule has 2 aromatic rings. The molecule has 1 aliphatic heterocycles. The minimum absolute atomic E-state index is 0.104. The monoisotopic (exact) mass is 274 g/mol. The number of aryl methyl sites for hydroxylation is 1. The zero-order chi connectivity index (χ0) is 13.9. The normalized spacial score (nSPS) is 22.9. The Bertz CT molecular complexity index is 584. The molecular weight excluding hydrogens is 256 g/mol. The van der Waals surface area contributed by atoms with Crippen molar-refractivity contribution < 1.29 is 9.26 Å². The summed E-state index contributed by atoms with van der Waals surface area (Å²) in [6.45, 7) is 3.39. The minimum Gasteiger partial charge on any atom is -0.381 e. The van der Waals surface area contributed by atoms with Crippen LogP contribution in [-0.4, -0.2) is 41.4 Å². The number of hydrogen-bond donors (Lipinski definition) is 1. The summed E-state index contributed by atoms with van der Waals surface area (Å²) in [6, 6.07) is 2.25. The van der Waals surface area contributed by atoms with Crippen LogP contribution >= 0.6 is 0 Å². The Morgan fingerprint density at radius 1 is 1.40 bits per heavy atom. The molecule has 3 heterocycles. The zero-order valence-electron chi connectivity index (χ0n) is 11.7. The van der Waals surface area contributed by atoms with Gasteiger partial charge in [0.15, 0.2) is 0 Å². The summed E-state index contributed by atoms with van der Waals surface area (Å²) in [7, 11) is 1.95. The van der Waals surface area contributed by atoms with E-state index in [1.165, 1.54) is 0 Å². The van der Waals surface area contributed by atoms with Gasteiger partial charge in [0.25, 0.3) is 0 Å². The Balaban J connectivity index is 1.88. The van der Waals surface area contributed by atoms with Crippen LogP contribution in [0.25, 0.3) is 11.4 Å². The fourth-order valence-electron chi connectivity index (χ4n) is 2.52. The Morgan fingerprint density at radius 3 is 3.10 bits per heavy atom. The average molecular weight is 274 g/mol. The van der Waals surface area contributed by atoms with E-state index in [0.717, 1.165) is 24.2 Å². The van der Waals surface area contributed by atoms with E-state index >= 15 is 0 Å². The van der Waals surface area contributed by atoms with Crippen LogP contribution in [-0.2, 0) is 4.74 Å². The summed E-state index contributed by atoms with van der Waals surface area (Å²) in [4.78, 5) is 8.64. The Morgan fingerprint density at radius 2 is 2.30 bits per heavy atom. The largest absolute Gasteiger partial charge is 0.381 e. The van der Waals surface area contributed by atoms with Crippen LogP contribution < -0.4 is 5.32 Å². The van der Waals surface area contributed by atoms with E-state index in [2.05, 4.69) is 20.4 Å². The lowest BCUT2D eigenvalue weighted by molar-refractivity contribution is 0.0516. The minimum atomic E-state index is 0.104. The van der Waals surface area contributed by atoms with Gasteiger partial charge < -0.3 is 14.6 Å². The van der Waals surface area contributed by atoms with Gasteiger partial charge in [-0.1, -0.05) is 5.16 Å². The second-order valence-electron chi connectivity index (χ2n) is 5.01. The first kappa shape index (κ1) is 13.2. The summed E-state index contributed by atoms with van der Waals surface area (Å²) in [5, 5.41) is 7.37. The first-order valence-electron chi connectivity index (χ1n) is 6.79. The van der Waals surface area contributed by atoms with Crippen molar-refractivity contribution in [1.82, 2.24) is 20.4 Å². The van der Waals surface area contributed by atoms with Gasteiger partial charge in [-0.2, -0.15) is 4.98 Å². The van der Waals surface area contributed by atoms with E-state index < -0.39 is 0 Å². The van der Waals surface area contributed by atoms with E-state index in [-0.39, 0.29) is 5.92 Å². The average Bonchev–Trinajstić information content (AvgIpc) is 2.97. The molecule has 20 heavy (non-hydrogen) atoms. The fraction of sp³-hybridized carbons (Fsp3) is 0.500. The number of likely N-dealkylation sites (N-methyl/N-ethyl adjacent to an activating group) is 1. The van der Waals surface area contributed by atoms with Gasteiger partial charge in [-0.05, 0) is 32.0 Å².